The van der Waals surface area contributed by atoms with E-state index in [0.717, 1.165) is 12.8 Å². The van der Waals surface area contributed by atoms with E-state index in [4.69, 9.17) is 26.2 Å². The van der Waals surface area contributed by atoms with Gasteiger partial charge in [0, 0.05) is 7.11 Å². The largest absolute Gasteiger partial charge is 0.464 e. The quantitative estimate of drug-likeness (QED) is 0.144. The van der Waals surface area contributed by atoms with E-state index in [1.807, 2.05) is 13.8 Å². The number of aliphatic hydroxyl groups is 1. The van der Waals surface area contributed by atoms with Crippen molar-refractivity contribution in [3.63, 3.8) is 0 Å². The Morgan fingerprint density at radius 3 is 2.71 bits per heavy atom. The molecule has 1 unspecified atom stereocenters. The molecule has 12 nitrogen and oxygen atoms in total. The first-order valence-electron chi connectivity index (χ1n) is 11.0. The maximum absolute atomic E-state index is 13.6. The molecule has 0 saturated carbocycles. The van der Waals surface area contributed by atoms with Crippen LogP contribution >= 0.6 is 8.18 Å². The average Bonchev–Trinajstić information content (AvgIpc) is 3.23. The lowest BCUT2D eigenvalue weighted by molar-refractivity contribution is -0.146. The molecule has 2 aromatic rings. The summed E-state index contributed by atoms with van der Waals surface area (Å²) in [5, 5.41) is 13.4. The third-order valence-electron chi connectivity index (χ3n) is 5.70. The van der Waals surface area contributed by atoms with Crippen molar-refractivity contribution in [1.82, 2.24) is 24.6 Å². The van der Waals surface area contributed by atoms with E-state index in [9.17, 15) is 18.9 Å². The molecule has 0 aliphatic rings. The minimum absolute atomic E-state index is 0.0490. The van der Waals surface area contributed by atoms with Gasteiger partial charge in [0.25, 0.3) is 8.18 Å². The number of aromatic nitrogens is 4. The molecule has 0 aliphatic carbocycles. The van der Waals surface area contributed by atoms with Crippen LogP contribution in [0.3, 0.4) is 0 Å². The monoisotopic (exact) mass is 514 g/mol. The number of imidazole rings is 1. The highest BCUT2D eigenvalue weighted by Gasteiger charge is 2.38. The van der Waals surface area contributed by atoms with Gasteiger partial charge in [-0.3, -0.25) is 9.36 Å². The van der Waals surface area contributed by atoms with Crippen LogP contribution in [-0.4, -0.2) is 68.7 Å². The van der Waals surface area contributed by atoms with Gasteiger partial charge < -0.3 is 29.4 Å². The zero-order valence-corrected chi connectivity index (χ0v) is 21.2. The zero-order valence-electron chi connectivity index (χ0n) is 20.2. The summed E-state index contributed by atoms with van der Waals surface area (Å²) in [6.45, 7) is 5.10. The van der Waals surface area contributed by atoms with Crippen LogP contribution in [0.5, 0.6) is 0 Å². The van der Waals surface area contributed by atoms with E-state index >= 15 is 0 Å². The predicted molar refractivity (Wildman–Crippen MR) is 127 cm³/mol. The number of terminal acetylenes is 1. The summed E-state index contributed by atoms with van der Waals surface area (Å²) in [7, 11) is -1.72. The fourth-order valence-corrected chi connectivity index (χ4v) is 4.09. The first-order valence-corrected chi connectivity index (χ1v) is 12.4. The summed E-state index contributed by atoms with van der Waals surface area (Å²) in [6, 6.07) is -0.888. The number of nitrogens with one attached hydrogen (secondary N) is 1. The molecule has 2 heterocycles. The molecule has 0 amide bonds. The molecule has 2 aromatic heterocycles. The van der Waals surface area contributed by atoms with E-state index in [1.54, 1.807) is 0 Å². The molecular formula is C21H32FN6O6P. The van der Waals surface area contributed by atoms with Crippen molar-refractivity contribution in [2.45, 2.75) is 57.9 Å². The minimum atomic E-state index is -2.97. The number of nitrogen functional groups attached to an aromatic ring is 1. The second-order valence-corrected chi connectivity index (χ2v) is 9.11. The fraction of sp³-hybridized carbons (Fsp3) is 0.619. The van der Waals surface area contributed by atoms with E-state index in [2.05, 4.69) is 26.0 Å². The Bertz CT molecular complexity index is 1070. The van der Waals surface area contributed by atoms with Crippen molar-refractivity contribution in [3.8, 4) is 12.3 Å². The highest BCUT2D eigenvalue weighted by atomic mass is 31.1. The van der Waals surface area contributed by atoms with Gasteiger partial charge in [-0.25, -0.2) is 10.1 Å². The number of carbonyl (C=O) groups excluding carboxylic acids is 1. The highest BCUT2D eigenvalue weighted by Crippen LogP contribution is 2.26. The smallest absolute Gasteiger partial charge is 0.323 e. The van der Waals surface area contributed by atoms with Gasteiger partial charge in [-0.05, 0) is 12.8 Å². The number of methoxy groups -OCH3 is 1. The van der Waals surface area contributed by atoms with E-state index in [0.29, 0.717) is 0 Å². The van der Waals surface area contributed by atoms with Crippen LogP contribution < -0.4 is 10.8 Å². The molecule has 2 rings (SSSR count). The highest BCUT2D eigenvalue weighted by molar-refractivity contribution is 7.36. The molecule has 0 aromatic carbocycles. The van der Waals surface area contributed by atoms with Gasteiger partial charge >= 0.3 is 12.0 Å². The van der Waals surface area contributed by atoms with Crippen molar-refractivity contribution in [3.05, 3.63) is 12.4 Å². The Kier molecular flexibility index (Phi) is 10.5. The number of rotatable bonds is 14. The number of anilines is 1. The number of carbonyl (C=O) groups is 1. The summed E-state index contributed by atoms with van der Waals surface area (Å²) in [5.41, 5.74) is 4.12. The normalized spacial score (nSPS) is 15.9. The molecule has 4 N–H and O–H groups in total. The van der Waals surface area contributed by atoms with Crippen molar-refractivity contribution < 1.29 is 32.9 Å². The molecule has 0 spiro atoms. The number of nitrogens with zero attached hydrogens (tertiary/aromatic N) is 4. The number of fused-ring (bicyclic) bond motifs is 1. The molecule has 0 aliphatic heterocycles. The van der Waals surface area contributed by atoms with E-state index in [-0.39, 0.29) is 36.1 Å². The fourth-order valence-electron chi connectivity index (χ4n) is 3.19. The van der Waals surface area contributed by atoms with Crippen LogP contribution in [0.2, 0.25) is 0 Å². The van der Waals surface area contributed by atoms with Gasteiger partial charge in [-0.15, -0.1) is 6.42 Å². The Hall–Kier alpha value is -2.62. The summed E-state index contributed by atoms with van der Waals surface area (Å²) >= 11 is 0. The lowest BCUT2D eigenvalue weighted by Crippen LogP contribution is -2.49. The number of hydrogen-bond acceptors (Lipinski definition) is 10. The van der Waals surface area contributed by atoms with Crippen molar-refractivity contribution in [2.24, 2.45) is 5.92 Å². The summed E-state index contributed by atoms with van der Waals surface area (Å²) in [5.74, 6) is 1.86. The predicted octanol–water partition coefficient (Wildman–Crippen LogP) is 1.29. The molecule has 0 radical (unpaired) electrons. The first kappa shape index (κ1) is 28.6. The van der Waals surface area contributed by atoms with Gasteiger partial charge in [0.15, 0.2) is 17.1 Å². The molecule has 194 valence electrons. The van der Waals surface area contributed by atoms with E-state index in [1.165, 1.54) is 24.9 Å². The van der Waals surface area contributed by atoms with Gasteiger partial charge in [-0.1, -0.05) is 32.6 Å². The second kappa shape index (κ2) is 12.9. The molecule has 35 heavy (non-hydrogen) atoms. The van der Waals surface area contributed by atoms with Crippen LogP contribution in [0.25, 0.3) is 11.2 Å². The summed E-state index contributed by atoms with van der Waals surface area (Å²) in [4.78, 5) is 23.2. The lowest BCUT2D eigenvalue weighted by Gasteiger charge is -2.31. The Morgan fingerprint density at radius 2 is 2.11 bits per heavy atom. The molecule has 14 heteroatoms. The Labute approximate surface area is 203 Å². The standard InChI is InChI=1S/C21H32FN6O6P/c1-6-14(7-2)10-33-19(30)13(4)27-35(31)34-11-21(8-3,32-5)15(29)9-28-12-24-16-17(23)25-20(22)26-18(16)28/h3,12-15,29,35H,6-7,9-11H2,1-2,4-5H3,(H,27,31)(H2,23,25,26)/t13-,15-,21+/m0/s1. The average molecular weight is 514 g/mol. The zero-order chi connectivity index (χ0) is 26.2. The summed E-state index contributed by atoms with van der Waals surface area (Å²) in [6.07, 6.45) is 6.19. The van der Waals surface area contributed by atoms with Crippen molar-refractivity contribution in [2.75, 3.05) is 26.1 Å². The van der Waals surface area contributed by atoms with Gasteiger partial charge in [0.05, 0.1) is 26.1 Å². The minimum Gasteiger partial charge on any atom is -0.464 e. The van der Waals surface area contributed by atoms with Gasteiger partial charge in [-0.2, -0.15) is 14.4 Å². The first-order chi connectivity index (χ1) is 16.6. The number of ether oxygens (including phenoxy) is 2. The SMILES string of the molecule is C#C[C@](CO[PH](=O)N[C@@H](C)C(=O)OCC(CC)CC)(OC)[C@@H](O)Cn1cnc2c(N)nc(F)nc21. The second-order valence-electron chi connectivity index (χ2n) is 7.96. The van der Waals surface area contributed by atoms with Crippen LogP contribution in [-0.2, 0) is 29.9 Å². The number of esters is 1. The van der Waals surface area contributed by atoms with Crippen LogP contribution in [0.4, 0.5) is 10.2 Å². The lowest BCUT2D eigenvalue weighted by atomic mass is 9.98. The molecular weight excluding hydrogens is 482 g/mol. The van der Waals surface area contributed by atoms with Crippen LogP contribution in [0.1, 0.15) is 33.6 Å². The van der Waals surface area contributed by atoms with Crippen molar-refractivity contribution in [1.29, 1.82) is 0 Å². The van der Waals surface area contributed by atoms with Gasteiger partial charge in [0.1, 0.15) is 17.7 Å². The topological polar surface area (TPSA) is 164 Å². The molecule has 4 atom stereocenters. The number of halogens is 1. The van der Waals surface area contributed by atoms with E-state index < -0.39 is 44.6 Å². The van der Waals surface area contributed by atoms with Gasteiger partial charge in [0.2, 0.25) is 0 Å². The molecule has 0 bridgehead atoms. The molecule has 0 fully saturated rings. The Balaban J connectivity index is 2.01. The van der Waals surface area contributed by atoms with Crippen LogP contribution in [0, 0.1) is 24.3 Å². The summed E-state index contributed by atoms with van der Waals surface area (Å²) < 4.78 is 43.2. The molecule has 0 saturated heterocycles. The third-order valence-corrected chi connectivity index (χ3v) is 6.78. The van der Waals surface area contributed by atoms with Crippen molar-refractivity contribution >= 4 is 31.1 Å². The maximum Gasteiger partial charge on any atom is 0.323 e. The maximum atomic E-state index is 13.6. The Morgan fingerprint density at radius 1 is 1.43 bits per heavy atom. The number of aliphatic hydroxyl groups excluding tert-OH is 1. The number of nitrogens with two attached hydrogens (primary N) is 1. The third kappa shape index (κ3) is 7.19. The number of hydrogen-bond donors (Lipinski definition) is 3. The van der Waals surface area contributed by atoms with Crippen LogP contribution in [0.15, 0.2) is 6.33 Å².